The molecule has 158 valence electrons. The first-order chi connectivity index (χ1) is 15.7. The zero-order chi connectivity index (χ0) is 21.9. The maximum atomic E-state index is 12.8. The van der Waals surface area contributed by atoms with Crippen molar-refractivity contribution in [2.45, 2.75) is 13.5 Å². The van der Waals surface area contributed by atoms with Crippen molar-refractivity contribution in [2.24, 2.45) is 0 Å². The summed E-state index contributed by atoms with van der Waals surface area (Å²) in [7, 11) is 0. The van der Waals surface area contributed by atoms with E-state index in [0.29, 0.717) is 39.4 Å². The highest BCUT2D eigenvalue weighted by Gasteiger charge is 2.17. The summed E-state index contributed by atoms with van der Waals surface area (Å²) in [5.74, 6) is 0.904. The van der Waals surface area contributed by atoms with Crippen LogP contribution in [0.1, 0.15) is 21.1 Å². The van der Waals surface area contributed by atoms with Gasteiger partial charge in [-0.15, -0.1) is 11.3 Å². The minimum absolute atomic E-state index is 0.236. The van der Waals surface area contributed by atoms with Crippen molar-refractivity contribution < 1.29 is 9.53 Å². The molecule has 1 aromatic carbocycles. The van der Waals surface area contributed by atoms with Crippen LogP contribution in [0.4, 0.5) is 5.69 Å². The van der Waals surface area contributed by atoms with E-state index in [1.165, 1.54) is 11.3 Å². The molecule has 0 aliphatic rings. The molecule has 1 amide bonds. The molecule has 8 nitrogen and oxygen atoms in total. The number of nitrogens with zero attached hydrogens (tertiary/aromatic N) is 5. The highest BCUT2D eigenvalue weighted by Crippen LogP contribution is 2.26. The number of hydrogen-bond donors (Lipinski definition) is 1. The number of benzene rings is 1. The lowest BCUT2D eigenvalue weighted by molar-refractivity contribution is 0.103. The number of carbonyl (C=O) groups excluding carboxylic acids is 1. The third-order valence-corrected chi connectivity index (χ3v) is 5.80. The van der Waals surface area contributed by atoms with E-state index in [1.807, 2.05) is 53.2 Å². The Morgan fingerprint density at radius 2 is 1.97 bits per heavy atom. The van der Waals surface area contributed by atoms with E-state index in [0.717, 1.165) is 11.3 Å². The maximum Gasteiger partial charge on any atom is 0.267 e. The zero-order valence-corrected chi connectivity index (χ0v) is 17.9. The molecule has 0 atom stereocenters. The topological polar surface area (TPSA) is 94.3 Å². The molecule has 32 heavy (non-hydrogen) atoms. The van der Waals surface area contributed by atoms with E-state index in [-0.39, 0.29) is 5.91 Å². The summed E-state index contributed by atoms with van der Waals surface area (Å²) in [6.07, 6.45) is 7.17. The normalized spacial score (nSPS) is 10.9. The van der Waals surface area contributed by atoms with Crippen LogP contribution in [0, 0.1) is 6.92 Å². The molecule has 5 rings (SSSR count). The van der Waals surface area contributed by atoms with Gasteiger partial charge in [0, 0.05) is 36.5 Å². The number of pyridine rings is 1. The number of aryl methyl sites for hydroxylation is 1. The van der Waals surface area contributed by atoms with Crippen molar-refractivity contribution in [1.29, 1.82) is 0 Å². The van der Waals surface area contributed by atoms with Crippen LogP contribution in [-0.4, -0.2) is 30.2 Å². The van der Waals surface area contributed by atoms with Gasteiger partial charge in [-0.2, -0.15) is 0 Å². The molecule has 4 heterocycles. The average Bonchev–Trinajstić information content (AvgIpc) is 3.42. The molecular formula is C23H18N6O2S. The highest BCUT2D eigenvalue weighted by atomic mass is 32.1. The Kier molecular flexibility index (Phi) is 5.30. The summed E-state index contributed by atoms with van der Waals surface area (Å²) in [6, 6.07) is 14.8. The van der Waals surface area contributed by atoms with Gasteiger partial charge in [0.1, 0.15) is 22.9 Å². The Bertz CT molecular complexity index is 1360. The number of rotatable bonds is 6. The number of imidazole rings is 1. The molecule has 9 heteroatoms. The summed E-state index contributed by atoms with van der Waals surface area (Å²) in [4.78, 5) is 30.7. The summed E-state index contributed by atoms with van der Waals surface area (Å²) in [6.45, 7) is 2.12. The van der Waals surface area contributed by atoms with Crippen LogP contribution in [0.3, 0.4) is 0 Å². The molecule has 0 bridgehead atoms. The number of aromatic nitrogens is 5. The van der Waals surface area contributed by atoms with Crippen molar-refractivity contribution >= 4 is 28.6 Å². The summed E-state index contributed by atoms with van der Waals surface area (Å²) < 4.78 is 7.83. The molecule has 0 aliphatic carbocycles. The van der Waals surface area contributed by atoms with E-state index < -0.39 is 0 Å². The van der Waals surface area contributed by atoms with Crippen molar-refractivity contribution in [3.8, 4) is 16.6 Å². The number of nitrogens with one attached hydrogen (secondary N) is 1. The van der Waals surface area contributed by atoms with E-state index in [1.54, 1.807) is 31.5 Å². The quantitative estimate of drug-likeness (QED) is 0.419. The first kappa shape index (κ1) is 19.8. The van der Waals surface area contributed by atoms with Gasteiger partial charge >= 0.3 is 0 Å². The van der Waals surface area contributed by atoms with Gasteiger partial charge in [0.2, 0.25) is 0 Å². The molecule has 0 unspecified atom stereocenters. The van der Waals surface area contributed by atoms with Crippen molar-refractivity contribution in [2.75, 3.05) is 5.32 Å². The van der Waals surface area contributed by atoms with Crippen LogP contribution >= 0.6 is 11.3 Å². The van der Waals surface area contributed by atoms with Crippen molar-refractivity contribution in [3.05, 3.63) is 89.6 Å². The third kappa shape index (κ3) is 4.19. The molecule has 0 saturated carbocycles. The van der Waals surface area contributed by atoms with Crippen LogP contribution in [0.2, 0.25) is 0 Å². The van der Waals surface area contributed by atoms with E-state index in [9.17, 15) is 4.79 Å². The average molecular weight is 443 g/mol. The van der Waals surface area contributed by atoms with Gasteiger partial charge < -0.3 is 14.5 Å². The second kappa shape index (κ2) is 8.56. The third-order valence-electron chi connectivity index (χ3n) is 4.65. The van der Waals surface area contributed by atoms with E-state index in [4.69, 9.17) is 4.74 Å². The molecule has 5 aromatic rings. The molecule has 0 spiro atoms. The van der Waals surface area contributed by atoms with Crippen LogP contribution in [0.5, 0.6) is 5.75 Å². The minimum Gasteiger partial charge on any atom is -0.487 e. The van der Waals surface area contributed by atoms with Crippen LogP contribution in [-0.2, 0) is 6.61 Å². The first-order valence-electron chi connectivity index (χ1n) is 9.87. The van der Waals surface area contributed by atoms with Crippen molar-refractivity contribution in [1.82, 2.24) is 24.3 Å². The van der Waals surface area contributed by atoms with Crippen LogP contribution in [0.15, 0.2) is 73.3 Å². The standard InChI is InChI=1S/C23H18N6O2S/c1-15-20(32-23(26-15)21-24-9-5-10-25-21)22(30)28-16-6-4-7-18(12-16)31-14-17-13-29-11-3-2-8-19(29)27-17/h2-13H,14H2,1H3,(H,28,30). The summed E-state index contributed by atoms with van der Waals surface area (Å²) in [5, 5.41) is 3.52. The monoisotopic (exact) mass is 442 g/mol. The number of carbonyl (C=O) groups is 1. The highest BCUT2D eigenvalue weighted by molar-refractivity contribution is 7.17. The minimum atomic E-state index is -0.236. The van der Waals surface area contributed by atoms with Gasteiger partial charge in [0.05, 0.1) is 11.4 Å². The molecule has 4 aromatic heterocycles. The number of ether oxygens (including phenoxy) is 1. The first-order valence-corrected chi connectivity index (χ1v) is 10.7. The largest absolute Gasteiger partial charge is 0.487 e. The second-order valence-electron chi connectivity index (χ2n) is 6.97. The SMILES string of the molecule is Cc1nc(-c2ncccn2)sc1C(=O)Nc1cccc(OCc2cn3ccccc3n2)c1. The Labute approximate surface area is 187 Å². The summed E-state index contributed by atoms with van der Waals surface area (Å²) in [5.41, 5.74) is 2.95. The molecule has 1 N–H and O–H groups in total. The molecule has 0 saturated heterocycles. The van der Waals surface area contributed by atoms with E-state index >= 15 is 0 Å². The fraction of sp³-hybridized carbons (Fsp3) is 0.0870. The number of amides is 1. The molecule has 0 aliphatic heterocycles. The van der Waals surface area contributed by atoms with Crippen LogP contribution in [0.25, 0.3) is 16.5 Å². The Morgan fingerprint density at radius 3 is 2.81 bits per heavy atom. The lowest BCUT2D eigenvalue weighted by Gasteiger charge is -2.08. The van der Waals surface area contributed by atoms with E-state index in [2.05, 4.69) is 25.3 Å². The number of anilines is 1. The second-order valence-corrected chi connectivity index (χ2v) is 7.97. The smallest absolute Gasteiger partial charge is 0.267 e. The van der Waals surface area contributed by atoms with Gasteiger partial charge in [-0.3, -0.25) is 4.79 Å². The summed E-state index contributed by atoms with van der Waals surface area (Å²) >= 11 is 1.26. The molecule has 0 radical (unpaired) electrons. The number of hydrogen-bond acceptors (Lipinski definition) is 7. The van der Waals surface area contributed by atoms with Crippen LogP contribution < -0.4 is 10.1 Å². The molecule has 0 fully saturated rings. The Morgan fingerprint density at radius 1 is 1.09 bits per heavy atom. The van der Waals surface area contributed by atoms with Gasteiger partial charge in [0.25, 0.3) is 5.91 Å². The zero-order valence-electron chi connectivity index (χ0n) is 17.1. The Hall–Kier alpha value is -4.11. The predicted molar refractivity (Wildman–Crippen MR) is 122 cm³/mol. The maximum absolute atomic E-state index is 12.8. The van der Waals surface area contributed by atoms with Gasteiger partial charge in [-0.1, -0.05) is 12.1 Å². The van der Waals surface area contributed by atoms with Gasteiger partial charge in [-0.05, 0) is 37.3 Å². The predicted octanol–water partition coefficient (Wildman–Crippen LogP) is 4.39. The molecular weight excluding hydrogens is 424 g/mol. The lowest BCUT2D eigenvalue weighted by Crippen LogP contribution is -2.11. The number of thiazole rings is 1. The fourth-order valence-corrected chi connectivity index (χ4v) is 4.09. The van der Waals surface area contributed by atoms with Crippen molar-refractivity contribution in [3.63, 3.8) is 0 Å². The lowest BCUT2D eigenvalue weighted by atomic mass is 10.3. The van der Waals surface area contributed by atoms with Gasteiger partial charge in [-0.25, -0.2) is 19.9 Å². The Balaban J connectivity index is 1.27. The number of fused-ring (bicyclic) bond motifs is 1. The van der Waals surface area contributed by atoms with Gasteiger partial charge in [0.15, 0.2) is 10.8 Å². The fourth-order valence-electron chi connectivity index (χ4n) is 3.18.